The quantitative estimate of drug-likeness (QED) is 0.336. The van der Waals surface area contributed by atoms with E-state index in [0.717, 1.165) is 27.6 Å². The lowest BCUT2D eigenvalue weighted by Crippen LogP contribution is -2.28. The number of anilines is 1. The fourth-order valence-corrected chi connectivity index (χ4v) is 3.53. The van der Waals surface area contributed by atoms with Crippen LogP contribution < -0.4 is 4.90 Å². The molecular weight excluding hydrogens is 412 g/mol. The summed E-state index contributed by atoms with van der Waals surface area (Å²) in [5, 5.41) is 2.29. The van der Waals surface area contributed by atoms with E-state index in [2.05, 4.69) is 45.8 Å². The van der Waals surface area contributed by atoms with Gasteiger partial charge in [0.1, 0.15) is 5.69 Å². The van der Waals surface area contributed by atoms with Gasteiger partial charge in [-0.25, -0.2) is 9.78 Å². The lowest BCUT2D eigenvalue weighted by molar-refractivity contribution is -0.116. The summed E-state index contributed by atoms with van der Waals surface area (Å²) in [5.41, 5.74) is 3.38. The van der Waals surface area contributed by atoms with Gasteiger partial charge in [0, 0.05) is 24.2 Å². The number of hydrogen-bond acceptors (Lipinski definition) is 4. The van der Waals surface area contributed by atoms with Gasteiger partial charge in [0.25, 0.3) is 0 Å². The molecule has 5 nitrogen and oxygen atoms in total. The van der Waals surface area contributed by atoms with Crippen LogP contribution in [-0.4, -0.2) is 24.0 Å². The number of esters is 1. The molecule has 162 valence electrons. The molecule has 0 aliphatic carbocycles. The first kappa shape index (κ1) is 21.8. The molecule has 3 aromatic carbocycles. The normalized spacial score (nSPS) is 10.2. The number of ether oxygens (including phenoxy) is 1. The first-order valence-corrected chi connectivity index (χ1v) is 10.5. The van der Waals surface area contributed by atoms with Crippen LogP contribution in [0.25, 0.3) is 10.8 Å². The zero-order valence-corrected chi connectivity index (χ0v) is 18.4. The fraction of sp³-hybridized carbons (Fsp3) is 0.107. The van der Waals surface area contributed by atoms with E-state index in [-0.39, 0.29) is 11.6 Å². The predicted molar refractivity (Wildman–Crippen MR) is 129 cm³/mol. The van der Waals surface area contributed by atoms with Crippen molar-refractivity contribution in [1.82, 2.24) is 4.98 Å². The Kier molecular flexibility index (Phi) is 6.47. The maximum Gasteiger partial charge on any atom is 0.356 e. The summed E-state index contributed by atoms with van der Waals surface area (Å²) < 4.78 is 4.67. The average Bonchev–Trinajstić information content (AvgIpc) is 2.86. The molecule has 0 atom stereocenters. The second kappa shape index (κ2) is 9.80. The maximum absolute atomic E-state index is 12.6. The third-order valence-electron chi connectivity index (χ3n) is 5.23. The molecule has 0 bridgehead atoms. The van der Waals surface area contributed by atoms with E-state index in [9.17, 15) is 9.59 Å². The molecule has 5 heteroatoms. The van der Waals surface area contributed by atoms with Gasteiger partial charge in [0.05, 0.1) is 19.3 Å². The van der Waals surface area contributed by atoms with Gasteiger partial charge in [-0.05, 0) is 46.7 Å². The summed E-state index contributed by atoms with van der Waals surface area (Å²) in [7, 11) is 1.31. The minimum Gasteiger partial charge on any atom is -0.464 e. The molecule has 33 heavy (non-hydrogen) atoms. The van der Waals surface area contributed by atoms with Crippen molar-refractivity contribution in [3.8, 4) is 11.8 Å². The van der Waals surface area contributed by atoms with E-state index in [1.54, 1.807) is 24.0 Å². The number of amides is 1. The van der Waals surface area contributed by atoms with Crippen molar-refractivity contribution in [3.05, 3.63) is 107 Å². The molecule has 1 amide bonds. The number of rotatable bonds is 4. The van der Waals surface area contributed by atoms with E-state index < -0.39 is 5.97 Å². The number of fused-ring (bicyclic) bond motifs is 1. The topological polar surface area (TPSA) is 59.5 Å². The van der Waals surface area contributed by atoms with Gasteiger partial charge in [-0.15, -0.1) is 0 Å². The van der Waals surface area contributed by atoms with Gasteiger partial charge in [0.15, 0.2) is 0 Å². The standard InChI is InChI=1S/C28H22N2O3/c1-20(31)30(19-22-12-14-23-7-3-4-9-25(23)17-22)27-10-6-5-8-24(27)15-11-21-13-16-26(29-18-21)28(32)33-2/h3-10,12-14,16-18H,19H2,1-2H3. The maximum atomic E-state index is 12.6. The number of carbonyl (C=O) groups excluding carboxylic acids is 2. The van der Waals surface area contributed by atoms with Crippen LogP contribution in [-0.2, 0) is 16.1 Å². The van der Waals surface area contributed by atoms with Gasteiger partial charge in [0.2, 0.25) is 5.91 Å². The smallest absolute Gasteiger partial charge is 0.356 e. The summed E-state index contributed by atoms with van der Waals surface area (Å²) in [5.74, 6) is 5.64. The number of nitrogens with zero attached hydrogens (tertiary/aromatic N) is 2. The average molecular weight is 434 g/mol. The van der Waals surface area contributed by atoms with Crippen molar-refractivity contribution >= 4 is 28.3 Å². The van der Waals surface area contributed by atoms with Crippen molar-refractivity contribution in [1.29, 1.82) is 0 Å². The molecule has 0 aliphatic rings. The lowest BCUT2D eigenvalue weighted by Gasteiger charge is -2.23. The van der Waals surface area contributed by atoms with Crippen LogP contribution in [0.15, 0.2) is 85.1 Å². The molecular formula is C28H22N2O3. The van der Waals surface area contributed by atoms with Crippen LogP contribution in [0, 0.1) is 11.8 Å². The van der Waals surface area contributed by atoms with E-state index in [1.807, 2.05) is 42.5 Å². The Morgan fingerprint density at radius 2 is 1.67 bits per heavy atom. The molecule has 1 heterocycles. The van der Waals surface area contributed by atoms with Gasteiger partial charge in [-0.3, -0.25) is 4.79 Å². The van der Waals surface area contributed by atoms with Crippen LogP contribution in [0.2, 0.25) is 0 Å². The second-order valence-electron chi connectivity index (χ2n) is 7.48. The SMILES string of the molecule is COC(=O)c1ccc(C#Cc2ccccc2N(Cc2ccc3ccccc3c2)C(C)=O)cn1. The third kappa shape index (κ3) is 5.08. The largest absolute Gasteiger partial charge is 0.464 e. The second-order valence-corrected chi connectivity index (χ2v) is 7.48. The van der Waals surface area contributed by atoms with E-state index >= 15 is 0 Å². The van der Waals surface area contributed by atoms with Crippen molar-refractivity contribution in [2.45, 2.75) is 13.5 Å². The Labute approximate surface area is 192 Å². The van der Waals surface area contributed by atoms with Crippen LogP contribution in [0.4, 0.5) is 5.69 Å². The van der Waals surface area contributed by atoms with Crippen LogP contribution in [0.5, 0.6) is 0 Å². The molecule has 0 aliphatic heterocycles. The lowest BCUT2D eigenvalue weighted by atomic mass is 10.1. The summed E-state index contributed by atoms with van der Waals surface area (Å²) in [6.07, 6.45) is 1.53. The van der Waals surface area contributed by atoms with Crippen molar-refractivity contribution < 1.29 is 14.3 Å². The predicted octanol–water partition coefficient (Wildman–Crippen LogP) is 4.97. The zero-order chi connectivity index (χ0) is 23.2. The molecule has 0 fully saturated rings. The van der Waals surface area contributed by atoms with Crippen molar-refractivity contribution in [2.24, 2.45) is 0 Å². The molecule has 0 radical (unpaired) electrons. The van der Waals surface area contributed by atoms with Gasteiger partial charge in [-0.2, -0.15) is 0 Å². The number of para-hydroxylation sites is 1. The highest BCUT2D eigenvalue weighted by Crippen LogP contribution is 2.24. The monoisotopic (exact) mass is 434 g/mol. The minimum absolute atomic E-state index is 0.0680. The molecule has 4 aromatic rings. The number of carbonyl (C=O) groups is 2. The number of benzene rings is 3. The van der Waals surface area contributed by atoms with E-state index in [4.69, 9.17) is 0 Å². The van der Waals surface area contributed by atoms with Gasteiger partial charge < -0.3 is 9.64 Å². The van der Waals surface area contributed by atoms with E-state index in [0.29, 0.717) is 12.1 Å². The number of pyridine rings is 1. The summed E-state index contributed by atoms with van der Waals surface area (Å²) in [6, 6.07) is 25.2. The van der Waals surface area contributed by atoms with Crippen LogP contribution in [0.3, 0.4) is 0 Å². The first-order valence-electron chi connectivity index (χ1n) is 10.5. The van der Waals surface area contributed by atoms with Gasteiger partial charge >= 0.3 is 5.97 Å². The summed E-state index contributed by atoms with van der Waals surface area (Å²) in [6.45, 7) is 1.99. The Morgan fingerprint density at radius 1 is 0.909 bits per heavy atom. The van der Waals surface area contributed by atoms with Gasteiger partial charge in [-0.1, -0.05) is 60.4 Å². The van der Waals surface area contributed by atoms with Crippen molar-refractivity contribution in [2.75, 3.05) is 12.0 Å². The Bertz CT molecular complexity index is 1380. The number of methoxy groups -OCH3 is 1. The highest BCUT2D eigenvalue weighted by Gasteiger charge is 2.15. The molecule has 4 rings (SSSR count). The highest BCUT2D eigenvalue weighted by molar-refractivity contribution is 5.93. The van der Waals surface area contributed by atoms with Crippen molar-refractivity contribution in [3.63, 3.8) is 0 Å². The fourth-order valence-electron chi connectivity index (χ4n) is 3.53. The Morgan fingerprint density at radius 3 is 2.39 bits per heavy atom. The Balaban J connectivity index is 1.63. The Hall–Kier alpha value is -4.43. The van der Waals surface area contributed by atoms with E-state index in [1.165, 1.54) is 13.3 Å². The summed E-state index contributed by atoms with van der Waals surface area (Å²) in [4.78, 5) is 30.0. The number of hydrogen-bond donors (Lipinski definition) is 0. The molecule has 0 unspecified atom stereocenters. The highest BCUT2D eigenvalue weighted by atomic mass is 16.5. The molecule has 1 aromatic heterocycles. The zero-order valence-electron chi connectivity index (χ0n) is 18.4. The summed E-state index contributed by atoms with van der Waals surface area (Å²) >= 11 is 0. The van der Waals surface area contributed by atoms with Crippen LogP contribution in [0.1, 0.15) is 34.1 Å². The molecule has 0 saturated carbocycles. The number of aromatic nitrogens is 1. The van der Waals surface area contributed by atoms with Crippen LogP contribution >= 0.6 is 0 Å². The molecule has 0 saturated heterocycles. The first-order chi connectivity index (χ1) is 16.0. The molecule has 0 N–H and O–H groups in total. The molecule has 0 spiro atoms. The minimum atomic E-state index is -0.495. The third-order valence-corrected chi connectivity index (χ3v) is 5.23.